The molecule has 0 fully saturated rings. The van der Waals surface area contributed by atoms with E-state index < -0.39 is 0 Å². The van der Waals surface area contributed by atoms with E-state index in [-0.39, 0.29) is 29.5 Å². The molecule has 0 aliphatic rings. The number of anilines is 1. The minimum Gasteiger partial charge on any atom is -0.342 e. The molecule has 0 bridgehead atoms. The SMILES string of the molecule is CCn1c(SCC(=O)Nc2nc(-c3ccc(Br)cc3)cs2)nnc1[C@@H](NC(=O)c1ccccc1)C(C)C. The molecule has 2 amide bonds. The van der Waals surface area contributed by atoms with Crippen LogP contribution in [0.1, 0.15) is 43.0 Å². The summed E-state index contributed by atoms with van der Waals surface area (Å²) in [5.41, 5.74) is 2.39. The Kier molecular flexibility index (Phi) is 9.12. The number of nitrogens with one attached hydrogen (secondary N) is 2. The summed E-state index contributed by atoms with van der Waals surface area (Å²) >= 11 is 6.12. The van der Waals surface area contributed by atoms with E-state index in [0.717, 1.165) is 15.7 Å². The molecule has 11 heteroatoms. The maximum atomic E-state index is 12.8. The molecule has 4 rings (SSSR count). The molecule has 4 aromatic rings. The van der Waals surface area contributed by atoms with Gasteiger partial charge in [0, 0.05) is 27.5 Å². The number of thiazole rings is 1. The third kappa shape index (κ3) is 6.85. The Morgan fingerprint density at radius 3 is 2.49 bits per heavy atom. The van der Waals surface area contributed by atoms with Gasteiger partial charge in [-0.1, -0.05) is 71.9 Å². The van der Waals surface area contributed by atoms with Crippen LogP contribution in [0.15, 0.2) is 69.6 Å². The van der Waals surface area contributed by atoms with Gasteiger partial charge in [-0.2, -0.15) is 0 Å². The first kappa shape index (κ1) is 27.0. The normalized spacial score (nSPS) is 11.9. The number of benzene rings is 2. The third-order valence-corrected chi connectivity index (χ3v) is 7.81. The Balaban J connectivity index is 1.40. The molecule has 0 spiro atoms. The van der Waals surface area contributed by atoms with Gasteiger partial charge in [-0.3, -0.25) is 9.59 Å². The molecule has 0 saturated carbocycles. The van der Waals surface area contributed by atoms with Crippen molar-refractivity contribution in [2.24, 2.45) is 5.92 Å². The van der Waals surface area contributed by atoms with E-state index in [2.05, 4.69) is 41.7 Å². The van der Waals surface area contributed by atoms with Gasteiger partial charge in [0.15, 0.2) is 16.1 Å². The highest BCUT2D eigenvalue weighted by Gasteiger charge is 2.26. The number of carbonyl (C=O) groups excluding carboxylic acids is 2. The largest absolute Gasteiger partial charge is 0.342 e. The average molecular weight is 600 g/mol. The fourth-order valence-corrected chi connectivity index (χ4v) is 5.46. The Bertz CT molecular complexity index is 1360. The number of nitrogens with zero attached hydrogens (tertiary/aromatic N) is 4. The second-order valence-electron chi connectivity index (χ2n) is 8.53. The van der Waals surface area contributed by atoms with Crippen molar-refractivity contribution in [1.29, 1.82) is 0 Å². The Morgan fingerprint density at radius 2 is 1.81 bits per heavy atom. The van der Waals surface area contributed by atoms with Crippen LogP contribution in [0.4, 0.5) is 5.13 Å². The van der Waals surface area contributed by atoms with Crippen molar-refractivity contribution in [2.45, 2.75) is 38.5 Å². The van der Waals surface area contributed by atoms with Crippen LogP contribution < -0.4 is 10.6 Å². The number of hydrogen-bond acceptors (Lipinski definition) is 7. The van der Waals surface area contributed by atoms with E-state index in [1.165, 1.54) is 23.1 Å². The van der Waals surface area contributed by atoms with Crippen molar-refractivity contribution in [3.05, 3.63) is 75.8 Å². The van der Waals surface area contributed by atoms with Crippen molar-refractivity contribution < 1.29 is 9.59 Å². The number of hydrogen-bond donors (Lipinski definition) is 2. The zero-order valence-electron chi connectivity index (χ0n) is 20.6. The molecular formula is C26H27BrN6O2S2. The number of amides is 2. The first-order valence-electron chi connectivity index (χ1n) is 11.8. The molecule has 0 aliphatic carbocycles. The first-order valence-corrected chi connectivity index (χ1v) is 14.4. The summed E-state index contributed by atoms with van der Waals surface area (Å²) in [6.45, 7) is 6.66. The predicted octanol–water partition coefficient (Wildman–Crippen LogP) is 6.04. The van der Waals surface area contributed by atoms with Gasteiger partial charge in [0.05, 0.1) is 17.5 Å². The van der Waals surface area contributed by atoms with Gasteiger partial charge < -0.3 is 15.2 Å². The van der Waals surface area contributed by atoms with E-state index in [1.54, 1.807) is 12.1 Å². The van der Waals surface area contributed by atoms with Crippen LogP contribution in [-0.2, 0) is 11.3 Å². The van der Waals surface area contributed by atoms with Gasteiger partial charge >= 0.3 is 0 Å². The van der Waals surface area contributed by atoms with Crippen molar-refractivity contribution >= 4 is 56.0 Å². The van der Waals surface area contributed by atoms with E-state index in [0.29, 0.717) is 28.2 Å². The van der Waals surface area contributed by atoms with Crippen LogP contribution >= 0.6 is 39.0 Å². The van der Waals surface area contributed by atoms with Gasteiger partial charge in [-0.25, -0.2) is 4.98 Å². The minimum absolute atomic E-state index is 0.0909. The fraction of sp³-hybridized carbons (Fsp3) is 0.269. The number of rotatable bonds is 10. The lowest BCUT2D eigenvalue weighted by molar-refractivity contribution is -0.113. The van der Waals surface area contributed by atoms with Crippen molar-refractivity contribution in [3.8, 4) is 11.3 Å². The van der Waals surface area contributed by atoms with E-state index >= 15 is 0 Å². The lowest BCUT2D eigenvalue weighted by Gasteiger charge is -2.22. The zero-order chi connectivity index (χ0) is 26.4. The molecule has 0 aliphatic heterocycles. The summed E-state index contributed by atoms with van der Waals surface area (Å²) in [7, 11) is 0. The van der Waals surface area contributed by atoms with Gasteiger partial charge in [-0.05, 0) is 37.1 Å². The molecule has 192 valence electrons. The average Bonchev–Trinajstić information content (AvgIpc) is 3.53. The molecule has 37 heavy (non-hydrogen) atoms. The summed E-state index contributed by atoms with van der Waals surface area (Å²) in [5, 5.41) is 17.8. The number of carbonyl (C=O) groups is 2. The first-order chi connectivity index (χ1) is 17.9. The van der Waals surface area contributed by atoms with Crippen molar-refractivity contribution in [1.82, 2.24) is 25.1 Å². The van der Waals surface area contributed by atoms with Gasteiger partial charge in [0.1, 0.15) is 0 Å². The molecule has 2 aromatic carbocycles. The molecule has 0 radical (unpaired) electrons. The second-order valence-corrected chi connectivity index (χ2v) is 11.2. The maximum absolute atomic E-state index is 12.8. The summed E-state index contributed by atoms with van der Waals surface area (Å²) in [6, 6.07) is 16.6. The van der Waals surface area contributed by atoms with Crippen LogP contribution in [0.2, 0.25) is 0 Å². The number of thioether (sulfide) groups is 1. The summed E-state index contributed by atoms with van der Waals surface area (Å²) < 4.78 is 2.95. The molecule has 2 aromatic heterocycles. The molecule has 0 unspecified atom stereocenters. The standard InChI is InChI=1S/C26H27BrN6O2S2/c1-4-33-23(22(16(2)3)30-24(35)18-8-6-5-7-9-18)31-32-26(33)37-15-21(34)29-25-28-20(14-36-25)17-10-12-19(27)13-11-17/h5-14,16,22H,4,15H2,1-3H3,(H,30,35)(H,28,29,34)/t22-/m0/s1. The maximum Gasteiger partial charge on any atom is 0.251 e. The zero-order valence-corrected chi connectivity index (χ0v) is 23.9. The minimum atomic E-state index is -0.323. The lowest BCUT2D eigenvalue weighted by Crippen LogP contribution is -2.33. The molecule has 2 heterocycles. The van der Waals surface area contributed by atoms with E-state index in [1.807, 2.05) is 73.2 Å². The molecule has 8 nitrogen and oxygen atoms in total. The Morgan fingerprint density at radius 1 is 1.08 bits per heavy atom. The van der Waals surface area contributed by atoms with E-state index in [9.17, 15) is 9.59 Å². The summed E-state index contributed by atoms with van der Waals surface area (Å²) in [4.78, 5) is 30.0. The summed E-state index contributed by atoms with van der Waals surface area (Å²) in [6.07, 6.45) is 0. The quantitative estimate of drug-likeness (QED) is 0.216. The van der Waals surface area contributed by atoms with E-state index in [4.69, 9.17) is 0 Å². The highest BCUT2D eigenvalue weighted by molar-refractivity contribution is 9.10. The highest BCUT2D eigenvalue weighted by Crippen LogP contribution is 2.28. The van der Waals surface area contributed by atoms with Crippen LogP contribution in [-0.4, -0.2) is 37.3 Å². The Hall–Kier alpha value is -3.02. The van der Waals surface area contributed by atoms with Gasteiger partial charge in [0.25, 0.3) is 5.91 Å². The third-order valence-electron chi connectivity index (χ3n) is 5.55. The Labute approximate surface area is 232 Å². The molecule has 2 N–H and O–H groups in total. The highest BCUT2D eigenvalue weighted by atomic mass is 79.9. The number of aromatic nitrogens is 4. The predicted molar refractivity (Wildman–Crippen MR) is 152 cm³/mol. The van der Waals surface area contributed by atoms with Crippen LogP contribution in [0, 0.1) is 5.92 Å². The fourth-order valence-electron chi connectivity index (χ4n) is 3.65. The smallest absolute Gasteiger partial charge is 0.251 e. The van der Waals surface area contributed by atoms with Crippen LogP contribution in [0.3, 0.4) is 0 Å². The second kappa shape index (κ2) is 12.5. The molecule has 1 atom stereocenters. The van der Waals surface area contributed by atoms with Crippen molar-refractivity contribution in [2.75, 3.05) is 11.1 Å². The van der Waals surface area contributed by atoms with Crippen LogP contribution in [0.5, 0.6) is 0 Å². The number of halogens is 1. The molecular weight excluding hydrogens is 572 g/mol. The van der Waals surface area contributed by atoms with Gasteiger partial charge in [0.2, 0.25) is 5.91 Å². The summed E-state index contributed by atoms with van der Waals surface area (Å²) in [5.74, 6) is 0.585. The van der Waals surface area contributed by atoms with Crippen LogP contribution in [0.25, 0.3) is 11.3 Å². The molecule has 0 saturated heterocycles. The van der Waals surface area contributed by atoms with Crippen molar-refractivity contribution in [3.63, 3.8) is 0 Å². The lowest BCUT2D eigenvalue weighted by atomic mass is 10.0. The van der Waals surface area contributed by atoms with Gasteiger partial charge in [-0.15, -0.1) is 21.5 Å². The topological polar surface area (TPSA) is 102 Å². The monoisotopic (exact) mass is 598 g/mol.